The molecule has 0 bridgehead atoms. The molecule has 0 fully saturated rings. The van der Waals surface area contributed by atoms with Gasteiger partial charge in [-0.05, 0) is 83.0 Å². The average Bonchev–Trinajstić information content (AvgIpc) is 3.63. The molecule has 3 aromatic rings. The Hall–Kier alpha value is -5.50. The number of nitrogens with zero attached hydrogens (tertiary/aromatic N) is 4. The molecule has 3 aromatic carbocycles. The standard InChI is InChI=1S/C34H30N8/c35-31-13-11-30(18-34(31)40-38-28-9-5-2-6-10-28)42-21-25-15-23-19-41(20-24(23)16-26(25)22-42)29-12-14-33(32(36)17-29)39-37-27-7-3-1-4-8-27/h1-18,35-38H,19-22H2/b35-31?,36-32?,39-33-,40-34-. The van der Waals surface area contributed by atoms with E-state index in [-0.39, 0.29) is 0 Å². The van der Waals surface area contributed by atoms with Crippen molar-refractivity contribution in [2.45, 2.75) is 26.2 Å². The van der Waals surface area contributed by atoms with Gasteiger partial charge in [0.15, 0.2) is 0 Å². The Morgan fingerprint density at radius 2 is 1.00 bits per heavy atom. The number of rotatable bonds is 6. The summed E-state index contributed by atoms with van der Waals surface area (Å²) < 4.78 is 0. The predicted molar refractivity (Wildman–Crippen MR) is 170 cm³/mol. The number of hydrazone groups is 2. The SMILES string of the molecule is N=C1C=C(N2Cc3cc4c(cc3C2)CN(C2=C/C(=N/Nc3ccccc3)C(=N)C=C2)C4)C=C/C1=N/Nc1ccccc1. The molecule has 0 unspecified atom stereocenters. The smallest absolute Gasteiger partial charge is 0.110 e. The largest absolute Gasteiger partial charge is 0.363 e. The van der Waals surface area contributed by atoms with Gasteiger partial charge in [-0.15, -0.1) is 0 Å². The van der Waals surface area contributed by atoms with Crippen LogP contribution in [0.4, 0.5) is 11.4 Å². The molecule has 42 heavy (non-hydrogen) atoms. The van der Waals surface area contributed by atoms with Crippen LogP contribution in [-0.4, -0.2) is 32.6 Å². The van der Waals surface area contributed by atoms with Crippen molar-refractivity contribution < 1.29 is 0 Å². The number of allylic oxidation sites excluding steroid dienone is 6. The van der Waals surface area contributed by atoms with E-state index < -0.39 is 0 Å². The van der Waals surface area contributed by atoms with Crippen molar-refractivity contribution in [3.8, 4) is 0 Å². The first kappa shape index (κ1) is 25.5. The van der Waals surface area contributed by atoms with E-state index in [9.17, 15) is 0 Å². The summed E-state index contributed by atoms with van der Waals surface area (Å²) in [6.45, 7) is 3.30. The fraction of sp³-hybridized carbons (Fsp3) is 0.118. The molecular weight excluding hydrogens is 520 g/mol. The van der Waals surface area contributed by atoms with Crippen molar-refractivity contribution in [2.24, 2.45) is 10.2 Å². The number of benzene rings is 3. The van der Waals surface area contributed by atoms with Gasteiger partial charge in [0.05, 0.1) is 22.8 Å². The Balaban J connectivity index is 1.01. The second-order valence-electron chi connectivity index (χ2n) is 10.7. The van der Waals surface area contributed by atoms with E-state index in [1.165, 1.54) is 22.3 Å². The molecular formula is C34H30N8. The fourth-order valence-corrected chi connectivity index (χ4v) is 5.58. The lowest BCUT2D eigenvalue weighted by atomic mass is 10.0. The summed E-state index contributed by atoms with van der Waals surface area (Å²) >= 11 is 0. The van der Waals surface area contributed by atoms with Gasteiger partial charge in [-0.1, -0.05) is 48.5 Å². The zero-order chi connectivity index (χ0) is 28.5. The van der Waals surface area contributed by atoms with Gasteiger partial charge in [-0.3, -0.25) is 21.7 Å². The molecule has 4 aliphatic rings. The van der Waals surface area contributed by atoms with Gasteiger partial charge in [0.1, 0.15) is 11.4 Å². The maximum absolute atomic E-state index is 8.52. The molecule has 0 spiro atoms. The number of nitrogens with one attached hydrogen (secondary N) is 4. The number of para-hydroxylation sites is 2. The van der Waals surface area contributed by atoms with Crippen molar-refractivity contribution in [2.75, 3.05) is 10.9 Å². The Labute approximate surface area is 244 Å². The van der Waals surface area contributed by atoms with E-state index in [1.54, 1.807) is 0 Å². The number of anilines is 2. The summed E-state index contributed by atoms with van der Waals surface area (Å²) in [5, 5.41) is 25.7. The van der Waals surface area contributed by atoms with Crippen LogP contribution in [0, 0.1) is 10.8 Å². The Bertz CT molecular complexity index is 1720. The molecule has 206 valence electrons. The zero-order valence-corrected chi connectivity index (χ0v) is 23.0. The normalized spacial score (nSPS) is 19.2. The highest BCUT2D eigenvalue weighted by Crippen LogP contribution is 2.35. The summed E-state index contributed by atoms with van der Waals surface area (Å²) in [5.74, 6) is 0. The lowest BCUT2D eigenvalue weighted by molar-refractivity contribution is 0.370. The third-order valence-electron chi connectivity index (χ3n) is 7.82. The molecule has 0 radical (unpaired) electrons. The van der Waals surface area contributed by atoms with E-state index >= 15 is 0 Å². The minimum absolute atomic E-state index is 0.392. The Morgan fingerprint density at radius 1 is 0.524 bits per heavy atom. The fourth-order valence-electron chi connectivity index (χ4n) is 5.58. The molecule has 0 saturated heterocycles. The van der Waals surface area contributed by atoms with Gasteiger partial charge in [-0.25, -0.2) is 0 Å². The van der Waals surface area contributed by atoms with Crippen molar-refractivity contribution in [1.29, 1.82) is 10.8 Å². The van der Waals surface area contributed by atoms with E-state index in [2.05, 4.69) is 49.1 Å². The minimum atomic E-state index is 0.392. The molecule has 2 aliphatic heterocycles. The van der Waals surface area contributed by atoms with Crippen molar-refractivity contribution in [1.82, 2.24) is 9.80 Å². The minimum Gasteiger partial charge on any atom is -0.363 e. The van der Waals surface area contributed by atoms with Gasteiger partial charge < -0.3 is 9.80 Å². The van der Waals surface area contributed by atoms with Crippen LogP contribution in [0.25, 0.3) is 0 Å². The first-order chi connectivity index (χ1) is 20.6. The van der Waals surface area contributed by atoms with Crippen molar-refractivity contribution in [3.63, 3.8) is 0 Å². The number of hydrogen-bond donors (Lipinski definition) is 4. The van der Waals surface area contributed by atoms with E-state index in [4.69, 9.17) is 10.8 Å². The van der Waals surface area contributed by atoms with Crippen LogP contribution in [0.1, 0.15) is 22.3 Å². The third-order valence-corrected chi connectivity index (χ3v) is 7.82. The quantitative estimate of drug-likeness (QED) is 0.217. The van der Waals surface area contributed by atoms with Gasteiger partial charge in [-0.2, -0.15) is 10.2 Å². The summed E-state index contributed by atoms with van der Waals surface area (Å²) in [6, 6.07) is 24.3. The highest BCUT2D eigenvalue weighted by molar-refractivity contribution is 6.50. The number of fused-ring (bicyclic) bond motifs is 2. The molecule has 8 heteroatoms. The Kier molecular flexibility index (Phi) is 6.56. The van der Waals surface area contributed by atoms with Gasteiger partial charge in [0.25, 0.3) is 0 Å². The molecule has 8 nitrogen and oxygen atoms in total. The van der Waals surface area contributed by atoms with Crippen LogP contribution >= 0.6 is 0 Å². The van der Waals surface area contributed by atoms with Crippen LogP contribution in [0.5, 0.6) is 0 Å². The third kappa shape index (κ3) is 5.17. The lowest BCUT2D eigenvalue weighted by Crippen LogP contribution is -2.22. The van der Waals surface area contributed by atoms with Crippen molar-refractivity contribution in [3.05, 3.63) is 143 Å². The maximum atomic E-state index is 8.52. The highest BCUT2D eigenvalue weighted by atomic mass is 15.3. The van der Waals surface area contributed by atoms with Crippen LogP contribution in [0.15, 0.2) is 131 Å². The second-order valence-corrected chi connectivity index (χ2v) is 10.7. The maximum Gasteiger partial charge on any atom is 0.110 e. The molecule has 0 saturated carbocycles. The molecule has 0 amide bonds. The summed E-state index contributed by atoms with van der Waals surface area (Å²) in [6.07, 6.45) is 11.7. The van der Waals surface area contributed by atoms with Crippen LogP contribution in [0.3, 0.4) is 0 Å². The van der Waals surface area contributed by atoms with Crippen molar-refractivity contribution >= 4 is 34.2 Å². The molecule has 0 aromatic heterocycles. The summed E-state index contributed by atoms with van der Waals surface area (Å²) in [4.78, 5) is 4.67. The van der Waals surface area contributed by atoms with Crippen LogP contribution in [-0.2, 0) is 26.2 Å². The molecule has 2 heterocycles. The first-order valence-corrected chi connectivity index (χ1v) is 14.0. The highest BCUT2D eigenvalue weighted by Gasteiger charge is 2.28. The predicted octanol–water partition coefficient (Wildman–Crippen LogP) is 6.20. The zero-order valence-electron chi connectivity index (χ0n) is 23.0. The molecule has 4 N–H and O–H groups in total. The lowest BCUT2D eigenvalue weighted by Gasteiger charge is -2.22. The molecule has 7 rings (SSSR count). The van der Waals surface area contributed by atoms with E-state index in [1.807, 2.05) is 91.0 Å². The van der Waals surface area contributed by atoms with E-state index in [0.717, 1.165) is 48.9 Å². The topological polar surface area (TPSA) is 103 Å². The molecule has 2 aliphatic carbocycles. The van der Waals surface area contributed by atoms with Gasteiger partial charge >= 0.3 is 0 Å². The Morgan fingerprint density at radius 3 is 1.52 bits per heavy atom. The van der Waals surface area contributed by atoms with E-state index in [0.29, 0.717) is 22.8 Å². The van der Waals surface area contributed by atoms with Gasteiger partial charge in [0.2, 0.25) is 0 Å². The molecule has 0 atom stereocenters. The monoisotopic (exact) mass is 550 g/mol. The summed E-state index contributed by atoms with van der Waals surface area (Å²) in [5.41, 5.74) is 17.4. The van der Waals surface area contributed by atoms with Crippen LogP contribution < -0.4 is 10.9 Å². The first-order valence-electron chi connectivity index (χ1n) is 14.0. The average molecular weight is 551 g/mol. The second kappa shape index (κ2) is 10.8. The van der Waals surface area contributed by atoms with Crippen LogP contribution in [0.2, 0.25) is 0 Å². The summed E-state index contributed by atoms with van der Waals surface area (Å²) in [7, 11) is 0. The van der Waals surface area contributed by atoms with Gasteiger partial charge in [0, 0.05) is 37.6 Å². The number of hydrogen-bond acceptors (Lipinski definition) is 8.